The molecule has 4 heteroatoms. The van der Waals surface area contributed by atoms with Crippen molar-refractivity contribution in [2.24, 2.45) is 0 Å². The Hall–Kier alpha value is -1.00. The summed E-state index contributed by atoms with van der Waals surface area (Å²) < 4.78 is 0. The summed E-state index contributed by atoms with van der Waals surface area (Å²) >= 11 is 3.48. The molecular formula is C16H15Br2NO. The van der Waals surface area contributed by atoms with Crippen molar-refractivity contribution in [3.05, 3.63) is 65.0 Å². The third kappa shape index (κ3) is 3.01. The number of aryl methyl sites for hydroxylation is 2. The standard InChI is InChI=1S/C16H14BrNO.BrH/c17-15(14-5-2-8-18-10-14)16(19)13-7-6-11-3-1-4-12(11)9-13;/h2,5-10,15H,1,3-4H2;1H. The molecule has 1 aromatic carbocycles. The predicted molar refractivity (Wildman–Crippen MR) is 89.0 cm³/mol. The number of alkyl halides is 1. The van der Waals surface area contributed by atoms with Crippen LogP contribution < -0.4 is 0 Å². The number of carbonyl (C=O) groups excluding carboxylic acids is 1. The van der Waals surface area contributed by atoms with Crippen LogP contribution in [-0.4, -0.2) is 10.8 Å². The molecule has 2 nitrogen and oxygen atoms in total. The molecule has 20 heavy (non-hydrogen) atoms. The average molecular weight is 397 g/mol. The van der Waals surface area contributed by atoms with Crippen molar-refractivity contribution in [3.8, 4) is 0 Å². The Balaban J connectivity index is 0.00000147. The van der Waals surface area contributed by atoms with Gasteiger partial charge in [0.25, 0.3) is 0 Å². The monoisotopic (exact) mass is 395 g/mol. The molecule has 3 rings (SSSR count). The Morgan fingerprint density at radius 2 is 2.00 bits per heavy atom. The predicted octanol–water partition coefficient (Wildman–Crippen LogP) is 4.47. The third-order valence-electron chi connectivity index (χ3n) is 3.59. The van der Waals surface area contributed by atoms with E-state index < -0.39 is 0 Å². The number of aromatic nitrogens is 1. The molecule has 1 aromatic heterocycles. The van der Waals surface area contributed by atoms with Gasteiger partial charge in [0.15, 0.2) is 5.78 Å². The second-order valence-corrected chi connectivity index (χ2v) is 5.77. The van der Waals surface area contributed by atoms with Crippen molar-refractivity contribution >= 4 is 38.7 Å². The highest BCUT2D eigenvalue weighted by molar-refractivity contribution is 9.09. The highest BCUT2D eigenvalue weighted by Crippen LogP contribution is 2.29. The Morgan fingerprint density at radius 1 is 1.20 bits per heavy atom. The molecule has 0 bridgehead atoms. The van der Waals surface area contributed by atoms with Crippen LogP contribution in [0.3, 0.4) is 0 Å². The molecule has 0 N–H and O–H groups in total. The maximum Gasteiger partial charge on any atom is 0.180 e. The molecule has 2 aromatic rings. The van der Waals surface area contributed by atoms with Gasteiger partial charge in [-0.1, -0.05) is 34.1 Å². The Kier molecular flexibility index (Phi) is 5.11. The van der Waals surface area contributed by atoms with Crippen LogP contribution in [0, 0.1) is 0 Å². The van der Waals surface area contributed by atoms with Crippen molar-refractivity contribution in [1.29, 1.82) is 0 Å². The van der Waals surface area contributed by atoms with Crippen LogP contribution in [0.5, 0.6) is 0 Å². The smallest absolute Gasteiger partial charge is 0.180 e. The summed E-state index contributed by atoms with van der Waals surface area (Å²) in [6.07, 6.45) is 6.88. The van der Waals surface area contributed by atoms with E-state index in [0.717, 1.165) is 24.0 Å². The van der Waals surface area contributed by atoms with Crippen LogP contribution in [0.25, 0.3) is 0 Å². The van der Waals surface area contributed by atoms with E-state index in [0.29, 0.717) is 0 Å². The summed E-state index contributed by atoms with van der Waals surface area (Å²) in [7, 11) is 0. The highest BCUT2D eigenvalue weighted by atomic mass is 79.9. The normalized spacial score (nSPS) is 14.2. The van der Waals surface area contributed by atoms with Crippen molar-refractivity contribution in [2.45, 2.75) is 24.1 Å². The van der Waals surface area contributed by atoms with Gasteiger partial charge in [-0.3, -0.25) is 9.78 Å². The van der Waals surface area contributed by atoms with Crippen LogP contribution >= 0.6 is 32.9 Å². The molecule has 0 spiro atoms. The maximum absolute atomic E-state index is 12.5. The van der Waals surface area contributed by atoms with Gasteiger partial charge in [0.2, 0.25) is 0 Å². The van der Waals surface area contributed by atoms with Crippen molar-refractivity contribution in [2.75, 3.05) is 0 Å². The van der Waals surface area contributed by atoms with Gasteiger partial charge in [0, 0.05) is 18.0 Å². The number of carbonyl (C=O) groups is 1. The van der Waals surface area contributed by atoms with Gasteiger partial charge in [-0.15, -0.1) is 17.0 Å². The number of rotatable bonds is 3. The summed E-state index contributed by atoms with van der Waals surface area (Å²) in [5.74, 6) is 0.0997. The van der Waals surface area contributed by atoms with Gasteiger partial charge in [-0.2, -0.15) is 0 Å². The minimum Gasteiger partial charge on any atom is -0.293 e. The first kappa shape index (κ1) is 15.4. The van der Waals surface area contributed by atoms with E-state index in [1.165, 1.54) is 17.5 Å². The molecule has 1 heterocycles. The van der Waals surface area contributed by atoms with Crippen molar-refractivity contribution in [3.63, 3.8) is 0 Å². The zero-order valence-corrected chi connectivity index (χ0v) is 14.2. The lowest BCUT2D eigenvalue weighted by Crippen LogP contribution is -2.08. The van der Waals surface area contributed by atoms with E-state index >= 15 is 0 Å². The fraction of sp³-hybridized carbons (Fsp3) is 0.250. The first-order valence-electron chi connectivity index (χ1n) is 6.46. The van der Waals surface area contributed by atoms with E-state index in [1.807, 2.05) is 18.2 Å². The summed E-state index contributed by atoms with van der Waals surface area (Å²) in [5.41, 5.74) is 4.40. The minimum atomic E-state index is -0.319. The molecule has 0 fully saturated rings. The molecule has 0 amide bonds. The maximum atomic E-state index is 12.5. The number of benzene rings is 1. The van der Waals surface area contributed by atoms with Gasteiger partial charge in [-0.25, -0.2) is 0 Å². The Morgan fingerprint density at radius 3 is 2.75 bits per heavy atom. The molecule has 1 atom stereocenters. The molecule has 104 valence electrons. The zero-order chi connectivity index (χ0) is 13.2. The third-order valence-corrected chi connectivity index (χ3v) is 4.53. The second-order valence-electron chi connectivity index (χ2n) is 4.85. The molecule has 1 aliphatic rings. The number of halogens is 2. The van der Waals surface area contributed by atoms with E-state index in [4.69, 9.17) is 0 Å². The molecule has 0 radical (unpaired) electrons. The molecule has 1 aliphatic carbocycles. The molecular weight excluding hydrogens is 382 g/mol. The van der Waals surface area contributed by atoms with Crippen LogP contribution in [0.2, 0.25) is 0 Å². The van der Waals surface area contributed by atoms with Crippen molar-refractivity contribution in [1.82, 2.24) is 4.98 Å². The Labute approximate surface area is 137 Å². The van der Waals surface area contributed by atoms with Gasteiger partial charge in [0.05, 0.1) is 0 Å². The fourth-order valence-corrected chi connectivity index (χ4v) is 3.08. The van der Waals surface area contributed by atoms with Gasteiger partial charge >= 0.3 is 0 Å². The lowest BCUT2D eigenvalue weighted by Gasteiger charge is -2.10. The van der Waals surface area contributed by atoms with E-state index in [-0.39, 0.29) is 27.6 Å². The molecule has 0 saturated carbocycles. The first-order chi connectivity index (χ1) is 9.25. The quantitative estimate of drug-likeness (QED) is 0.566. The lowest BCUT2D eigenvalue weighted by atomic mass is 10.00. The summed E-state index contributed by atoms with van der Waals surface area (Å²) in [6.45, 7) is 0. The van der Waals surface area contributed by atoms with Crippen LogP contribution in [0.1, 0.15) is 38.3 Å². The van der Waals surface area contributed by atoms with E-state index in [2.05, 4.69) is 33.0 Å². The van der Waals surface area contributed by atoms with Gasteiger partial charge < -0.3 is 0 Å². The number of Topliss-reactive ketones (excluding diaryl/α,β-unsaturated/α-hetero) is 1. The van der Waals surface area contributed by atoms with Crippen LogP contribution in [-0.2, 0) is 12.8 Å². The topological polar surface area (TPSA) is 30.0 Å². The summed E-state index contributed by atoms with van der Waals surface area (Å²) in [4.78, 5) is 16.2. The zero-order valence-electron chi connectivity index (χ0n) is 10.9. The summed E-state index contributed by atoms with van der Waals surface area (Å²) in [5, 5.41) is 0. The molecule has 0 saturated heterocycles. The Bertz CT molecular complexity index is 613. The van der Waals surface area contributed by atoms with Gasteiger partial charge in [0.1, 0.15) is 4.83 Å². The van der Waals surface area contributed by atoms with Gasteiger partial charge in [-0.05, 0) is 48.1 Å². The average Bonchev–Trinajstić information content (AvgIpc) is 2.94. The van der Waals surface area contributed by atoms with Crippen LogP contribution in [0.4, 0.5) is 0 Å². The number of hydrogen-bond acceptors (Lipinski definition) is 2. The fourth-order valence-electron chi connectivity index (χ4n) is 2.55. The van der Waals surface area contributed by atoms with Crippen LogP contribution in [0.15, 0.2) is 42.7 Å². The number of hydrogen-bond donors (Lipinski definition) is 0. The minimum absolute atomic E-state index is 0. The van der Waals surface area contributed by atoms with E-state index in [1.54, 1.807) is 12.4 Å². The second kappa shape index (κ2) is 6.64. The van der Waals surface area contributed by atoms with E-state index in [9.17, 15) is 4.79 Å². The number of fused-ring (bicyclic) bond motifs is 1. The highest BCUT2D eigenvalue weighted by Gasteiger charge is 2.21. The van der Waals surface area contributed by atoms with Crippen molar-refractivity contribution < 1.29 is 4.79 Å². The summed E-state index contributed by atoms with van der Waals surface area (Å²) in [6, 6.07) is 9.85. The first-order valence-corrected chi connectivity index (χ1v) is 7.37. The number of ketones is 1. The molecule has 1 unspecified atom stereocenters. The molecule has 0 aliphatic heterocycles. The lowest BCUT2D eigenvalue weighted by molar-refractivity contribution is 0.0991. The largest absolute Gasteiger partial charge is 0.293 e. The SMILES string of the molecule is Br.O=C(c1ccc2c(c1)CCC2)C(Br)c1cccnc1. The number of pyridine rings is 1. The number of nitrogens with zero attached hydrogens (tertiary/aromatic N) is 1.